The van der Waals surface area contributed by atoms with E-state index in [2.05, 4.69) is 101 Å². The smallest absolute Gasteiger partial charge is 0.204 e. The molecule has 1 fully saturated rings. The second-order valence-corrected chi connectivity index (χ2v) is 13.0. The van der Waals surface area contributed by atoms with Crippen LogP contribution in [-0.4, -0.2) is 58.9 Å². The van der Waals surface area contributed by atoms with Crippen molar-refractivity contribution in [3.8, 4) is 0 Å². The van der Waals surface area contributed by atoms with E-state index in [0.29, 0.717) is 11.5 Å². The van der Waals surface area contributed by atoms with Crippen molar-refractivity contribution in [1.82, 2.24) is 19.8 Å². The summed E-state index contributed by atoms with van der Waals surface area (Å²) in [6.45, 7) is 26.3. The molecule has 1 aliphatic rings. The summed E-state index contributed by atoms with van der Waals surface area (Å²) in [6.07, 6.45) is 4.88. The quantitative estimate of drug-likeness (QED) is 0.219. The van der Waals surface area contributed by atoms with Crippen molar-refractivity contribution in [2.45, 2.75) is 101 Å². The van der Waals surface area contributed by atoms with Crippen LogP contribution in [0.2, 0.25) is 0 Å². The second-order valence-electron chi connectivity index (χ2n) is 13.0. The molecule has 0 aliphatic carbocycles. The number of allylic oxidation sites excluding steroid dienone is 2. The van der Waals surface area contributed by atoms with Crippen LogP contribution in [0, 0.1) is 18.3 Å². The lowest BCUT2D eigenvalue weighted by atomic mass is 9.85. The third-order valence-electron chi connectivity index (χ3n) is 7.75. The number of aromatic nitrogens is 2. The third-order valence-corrected chi connectivity index (χ3v) is 7.75. The van der Waals surface area contributed by atoms with E-state index in [1.165, 1.54) is 29.5 Å². The van der Waals surface area contributed by atoms with Crippen LogP contribution in [0.1, 0.15) is 86.6 Å². The Hall–Kier alpha value is -2.18. The summed E-state index contributed by atoms with van der Waals surface area (Å²) in [4.78, 5) is 12.5. The number of nitrogens with zero attached hydrogens (tertiary/aromatic N) is 4. The number of aryl methyl sites for hydroxylation is 1. The summed E-state index contributed by atoms with van der Waals surface area (Å²) in [5, 5.41) is 7.56. The van der Waals surface area contributed by atoms with E-state index >= 15 is 0 Å². The van der Waals surface area contributed by atoms with Crippen molar-refractivity contribution < 1.29 is 0 Å². The van der Waals surface area contributed by atoms with Gasteiger partial charge in [-0.3, -0.25) is 4.99 Å². The summed E-state index contributed by atoms with van der Waals surface area (Å²) in [7, 11) is 0. The molecular weight excluding hydrogens is 468 g/mol. The van der Waals surface area contributed by atoms with Gasteiger partial charge in [-0.2, -0.15) is 0 Å². The highest BCUT2D eigenvalue weighted by atomic mass is 15.2. The molecule has 1 aromatic carbocycles. The molecule has 1 saturated heterocycles. The number of nitrogens with one attached hydrogen (secondary N) is 2. The number of hydrogen-bond donors (Lipinski definition) is 2. The fourth-order valence-electron chi connectivity index (χ4n) is 5.20. The monoisotopic (exact) mass is 522 g/mol. The highest BCUT2D eigenvalue weighted by Crippen LogP contribution is 2.27. The molecule has 3 rings (SSSR count). The molecule has 2 heterocycles. The number of aliphatic imine (C=N–C) groups is 1. The first-order valence-electron chi connectivity index (χ1n) is 14.8. The van der Waals surface area contributed by atoms with E-state index in [4.69, 9.17) is 9.98 Å². The first kappa shape index (κ1) is 30.4. The first-order chi connectivity index (χ1) is 17.9. The number of para-hydroxylation sites is 1. The maximum atomic E-state index is 5.08. The lowest BCUT2D eigenvalue weighted by Gasteiger charge is -2.33. The zero-order chi connectivity index (χ0) is 27.9. The molecule has 1 aliphatic heterocycles. The summed E-state index contributed by atoms with van der Waals surface area (Å²) in [5.41, 5.74) is 7.29. The van der Waals surface area contributed by atoms with Crippen molar-refractivity contribution >= 4 is 22.7 Å². The SMILES string of the molecule is CC(C)=NC(Cn1c(NC2CCN(CCNCC(C)(C)CCC(C)C)CC2)nc2c(C)cccc21)=C(C)C. The Labute approximate surface area is 232 Å². The Kier molecular flexibility index (Phi) is 11.0. The number of anilines is 1. The van der Waals surface area contributed by atoms with Gasteiger partial charge in [-0.25, -0.2) is 4.98 Å². The van der Waals surface area contributed by atoms with Gasteiger partial charge in [0.1, 0.15) is 0 Å². The molecule has 0 bridgehead atoms. The Balaban J connectivity index is 1.58. The molecular formula is C32H54N6. The van der Waals surface area contributed by atoms with Gasteiger partial charge in [0.2, 0.25) is 5.95 Å². The van der Waals surface area contributed by atoms with Crippen LogP contribution in [0.4, 0.5) is 5.95 Å². The van der Waals surface area contributed by atoms with Crippen molar-refractivity contribution in [2.75, 3.05) is 38.0 Å². The van der Waals surface area contributed by atoms with E-state index in [1.54, 1.807) is 0 Å². The van der Waals surface area contributed by atoms with E-state index in [-0.39, 0.29) is 0 Å². The molecule has 212 valence electrons. The third kappa shape index (κ3) is 8.94. The van der Waals surface area contributed by atoms with Gasteiger partial charge < -0.3 is 20.1 Å². The first-order valence-corrected chi connectivity index (χ1v) is 14.8. The molecule has 6 nitrogen and oxygen atoms in total. The Morgan fingerprint density at radius 1 is 1.13 bits per heavy atom. The Morgan fingerprint density at radius 2 is 1.84 bits per heavy atom. The highest BCUT2D eigenvalue weighted by molar-refractivity contribution is 5.82. The van der Waals surface area contributed by atoms with Crippen LogP contribution in [0.15, 0.2) is 34.5 Å². The van der Waals surface area contributed by atoms with Crippen molar-refractivity contribution in [1.29, 1.82) is 0 Å². The highest BCUT2D eigenvalue weighted by Gasteiger charge is 2.23. The molecule has 0 atom stereocenters. The minimum absolute atomic E-state index is 0.373. The minimum atomic E-state index is 0.373. The molecule has 0 unspecified atom stereocenters. The summed E-state index contributed by atoms with van der Waals surface area (Å²) in [6, 6.07) is 6.91. The van der Waals surface area contributed by atoms with Gasteiger partial charge in [0.05, 0.1) is 23.3 Å². The van der Waals surface area contributed by atoms with Crippen LogP contribution in [0.25, 0.3) is 11.0 Å². The normalized spacial score (nSPS) is 15.3. The standard InChI is InChI=1S/C32H54N6/c1-23(2)13-16-32(8,9)22-33-17-20-37-18-14-27(15-19-37)35-31-36-30-26(7)11-10-12-29(30)38(31)21-28(24(3)4)34-25(5)6/h10-12,23,27,33H,13-22H2,1-9H3,(H,35,36). The van der Waals surface area contributed by atoms with E-state index in [9.17, 15) is 0 Å². The zero-order valence-electron chi connectivity index (χ0n) is 25.7. The van der Waals surface area contributed by atoms with Crippen LogP contribution in [-0.2, 0) is 6.54 Å². The average Bonchev–Trinajstić information content (AvgIpc) is 3.19. The molecule has 0 spiro atoms. The fraction of sp³-hybridized carbons (Fsp3) is 0.688. The van der Waals surface area contributed by atoms with Gasteiger partial charge >= 0.3 is 0 Å². The fourth-order valence-corrected chi connectivity index (χ4v) is 5.20. The van der Waals surface area contributed by atoms with Gasteiger partial charge in [0.25, 0.3) is 0 Å². The molecule has 0 radical (unpaired) electrons. The topological polar surface area (TPSA) is 57.5 Å². The van der Waals surface area contributed by atoms with Gasteiger partial charge in [0, 0.05) is 44.5 Å². The predicted molar refractivity (Wildman–Crippen MR) is 165 cm³/mol. The number of hydrogen-bond acceptors (Lipinski definition) is 5. The predicted octanol–water partition coefficient (Wildman–Crippen LogP) is 7.05. The Morgan fingerprint density at radius 3 is 2.47 bits per heavy atom. The van der Waals surface area contributed by atoms with Crippen molar-refractivity contribution in [2.24, 2.45) is 16.3 Å². The largest absolute Gasteiger partial charge is 0.353 e. The van der Waals surface area contributed by atoms with E-state index in [0.717, 1.165) is 80.9 Å². The number of likely N-dealkylation sites (tertiary alicyclic amines) is 1. The summed E-state index contributed by atoms with van der Waals surface area (Å²) >= 11 is 0. The van der Waals surface area contributed by atoms with Crippen LogP contribution in [0.3, 0.4) is 0 Å². The molecule has 38 heavy (non-hydrogen) atoms. The lowest BCUT2D eigenvalue weighted by Crippen LogP contribution is -2.43. The van der Waals surface area contributed by atoms with Gasteiger partial charge in [-0.05, 0) is 76.8 Å². The second kappa shape index (κ2) is 13.7. The molecule has 0 saturated carbocycles. The van der Waals surface area contributed by atoms with E-state index in [1.807, 2.05) is 0 Å². The summed E-state index contributed by atoms with van der Waals surface area (Å²) < 4.78 is 2.33. The van der Waals surface area contributed by atoms with Crippen LogP contribution in [0.5, 0.6) is 0 Å². The minimum Gasteiger partial charge on any atom is -0.353 e. The number of imidazole rings is 1. The van der Waals surface area contributed by atoms with Crippen molar-refractivity contribution in [3.05, 3.63) is 35.0 Å². The molecule has 0 amide bonds. The summed E-state index contributed by atoms with van der Waals surface area (Å²) in [5.74, 6) is 1.76. The van der Waals surface area contributed by atoms with E-state index < -0.39 is 0 Å². The maximum absolute atomic E-state index is 5.08. The zero-order valence-corrected chi connectivity index (χ0v) is 25.7. The van der Waals surface area contributed by atoms with Gasteiger partial charge in [0.15, 0.2) is 0 Å². The Bertz CT molecular complexity index is 1090. The number of piperidine rings is 1. The molecule has 2 N–H and O–H groups in total. The molecule has 1 aromatic heterocycles. The maximum Gasteiger partial charge on any atom is 0.204 e. The van der Waals surface area contributed by atoms with Gasteiger partial charge in [-0.1, -0.05) is 51.8 Å². The number of benzene rings is 1. The lowest BCUT2D eigenvalue weighted by molar-refractivity contribution is 0.212. The molecule has 6 heteroatoms. The average molecular weight is 523 g/mol. The number of rotatable bonds is 13. The number of fused-ring (bicyclic) bond motifs is 1. The van der Waals surface area contributed by atoms with Crippen LogP contribution < -0.4 is 10.6 Å². The van der Waals surface area contributed by atoms with Gasteiger partial charge in [-0.15, -0.1) is 0 Å². The molecule has 2 aromatic rings. The van der Waals surface area contributed by atoms with Crippen LogP contribution >= 0.6 is 0 Å². The van der Waals surface area contributed by atoms with Crippen molar-refractivity contribution in [3.63, 3.8) is 0 Å².